The van der Waals surface area contributed by atoms with Crippen LogP contribution in [0.2, 0.25) is 0 Å². The average Bonchev–Trinajstić information content (AvgIpc) is 2.18. The van der Waals surface area contributed by atoms with Crippen LogP contribution >= 0.6 is 27.7 Å². The fraction of sp³-hybridized carbons (Fsp3) is 0.889. The molecule has 2 nitrogen and oxygen atoms in total. The molecule has 0 bridgehead atoms. The lowest BCUT2D eigenvalue weighted by Gasteiger charge is -2.30. The Morgan fingerprint density at radius 2 is 2.23 bits per heavy atom. The zero-order valence-electron chi connectivity index (χ0n) is 7.88. The third-order valence-electron chi connectivity index (χ3n) is 2.60. The molecular formula is C9H16BrNOS. The van der Waals surface area contributed by atoms with E-state index in [1.54, 1.807) is 0 Å². The van der Waals surface area contributed by atoms with Gasteiger partial charge in [0.1, 0.15) is 0 Å². The highest BCUT2D eigenvalue weighted by Gasteiger charge is 2.24. The lowest BCUT2D eigenvalue weighted by atomic mass is 9.86. The zero-order chi connectivity index (χ0) is 9.68. The summed E-state index contributed by atoms with van der Waals surface area (Å²) in [6.07, 6.45) is 6.76. The Morgan fingerprint density at radius 1 is 1.54 bits per heavy atom. The van der Waals surface area contributed by atoms with Crippen molar-refractivity contribution in [1.29, 1.82) is 0 Å². The molecule has 1 amide bonds. The molecule has 0 aromatic heterocycles. The van der Waals surface area contributed by atoms with Crippen LogP contribution in [0.4, 0.5) is 4.79 Å². The van der Waals surface area contributed by atoms with Crippen LogP contribution < -0.4 is 5.32 Å². The Kier molecular flexibility index (Phi) is 5.17. The van der Waals surface area contributed by atoms with Crippen LogP contribution in [-0.4, -0.2) is 22.9 Å². The van der Waals surface area contributed by atoms with Crippen LogP contribution in [0.5, 0.6) is 0 Å². The van der Waals surface area contributed by atoms with Gasteiger partial charge in [0.2, 0.25) is 0 Å². The molecule has 0 aromatic carbocycles. The topological polar surface area (TPSA) is 29.1 Å². The van der Waals surface area contributed by atoms with E-state index in [9.17, 15) is 4.79 Å². The van der Waals surface area contributed by atoms with Crippen LogP contribution in [0, 0.1) is 5.92 Å². The summed E-state index contributed by atoms with van der Waals surface area (Å²) in [5.74, 6) is 0.629. The summed E-state index contributed by atoms with van der Waals surface area (Å²) >= 11 is 4.77. The lowest BCUT2D eigenvalue weighted by Crippen LogP contribution is -2.41. The number of carbonyl (C=O) groups excluding carboxylic acids is 1. The van der Waals surface area contributed by atoms with Crippen LogP contribution in [0.25, 0.3) is 0 Å². The standard InChI is InChI=1S/C9H16BrNOS/c1-13-9(12)11-8-5-3-2-4-7(8)6-10/h7-8H,2-6H2,1H3,(H,11,12)/t7-,8-/m1/s1. The maximum Gasteiger partial charge on any atom is 0.279 e. The van der Waals surface area contributed by atoms with E-state index in [4.69, 9.17) is 0 Å². The van der Waals surface area contributed by atoms with Crippen molar-refractivity contribution in [2.24, 2.45) is 5.92 Å². The molecule has 1 saturated carbocycles. The molecular weight excluding hydrogens is 250 g/mol. The third kappa shape index (κ3) is 3.50. The van der Waals surface area contributed by atoms with Gasteiger partial charge in [0, 0.05) is 11.4 Å². The number of thioether (sulfide) groups is 1. The highest BCUT2D eigenvalue weighted by atomic mass is 79.9. The van der Waals surface area contributed by atoms with Crippen molar-refractivity contribution in [3.63, 3.8) is 0 Å². The van der Waals surface area contributed by atoms with Crippen molar-refractivity contribution in [3.8, 4) is 0 Å². The van der Waals surface area contributed by atoms with Crippen LogP contribution in [0.15, 0.2) is 0 Å². The van der Waals surface area contributed by atoms with E-state index in [1.165, 1.54) is 31.0 Å². The molecule has 13 heavy (non-hydrogen) atoms. The molecule has 2 atom stereocenters. The number of amides is 1. The van der Waals surface area contributed by atoms with Crippen molar-refractivity contribution in [3.05, 3.63) is 0 Å². The second kappa shape index (κ2) is 5.91. The molecule has 0 aromatic rings. The van der Waals surface area contributed by atoms with Crippen molar-refractivity contribution < 1.29 is 4.79 Å². The van der Waals surface area contributed by atoms with Crippen molar-refractivity contribution in [2.75, 3.05) is 11.6 Å². The molecule has 0 aliphatic heterocycles. The molecule has 1 fully saturated rings. The second-order valence-corrected chi connectivity index (χ2v) is 4.87. The Hall–Kier alpha value is 0.300. The predicted octanol–water partition coefficient (Wildman–Crippen LogP) is 3.01. The van der Waals surface area contributed by atoms with Gasteiger partial charge < -0.3 is 5.32 Å². The highest BCUT2D eigenvalue weighted by Crippen LogP contribution is 2.26. The Bertz CT molecular complexity index is 177. The SMILES string of the molecule is CSC(=O)N[C@@H]1CCCC[C@@H]1CBr. The molecule has 0 unspecified atom stereocenters. The number of rotatable bonds is 2. The molecule has 0 heterocycles. The molecule has 76 valence electrons. The molecule has 0 spiro atoms. The van der Waals surface area contributed by atoms with Crippen molar-refractivity contribution >= 4 is 32.9 Å². The van der Waals surface area contributed by atoms with Crippen molar-refractivity contribution in [1.82, 2.24) is 5.32 Å². The largest absolute Gasteiger partial charge is 0.344 e. The van der Waals surface area contributed by atoms with Crippen LogP contribution in [0.3, 0.4) is 0 Å². The second-order valence-electron chi connectivity index (χ2n) is 3.44. The molecule has 1 aliphatic carbocycles. The summed E-state index contributed by atoms with van der Waals surface area (Å²) in [5, 5.41) is 4.18. The quantitative estimate of drug-likeness (QED) is 0.778. The smallest absolute Gasteiger partial charge is 0.279 e. The van der Waals surface area contributed by atoms with Gasteiger partial charge in [0.25, 0.3) is 5.24 Å². The van der Waals surface area contributed by atoms with E-state index in [1.807, 2.05) is 6.26 Å². The van der Waals surface area contributed by atoms with Gasteiger partial charge in [-0.3, -0.25) is 4.79 Å². The van der Waals surface area contributed by atoms with E-state index in [0.29, 0.717) is 12.0 Å². The van der Waals surface area contributed by atoms with E-state index in [-0.39, 0.29) is 5.24 Å². The van der Waals surface area contributed by atoms with Crippen molar-refractivity contribution in [2.45, 2.75) is 31.7 Å². The zero-order valence-corrected chi connectivity index (χ0v) is 10.3. The number of carbonyl (C=O) groups is 1. The monoisotopic (exact) mass is 265 g/mol. The Morgan fingerprint density at radius 3 is 2.85 bits per heavy atom. The minimum Gasteiger partial charge on any atom is -0.344 e. The van der Waals surface area contributed by atoms with Gasteiger partial charge in [-0.15, -0.1) is 0 Å². The molecule has 4 heteroatoms. The minimum absolute atomic E-state index is 0.109. The maximum absolute atomic E-state index is 11.2. The first kappa shape index (κ1) is 11.4. The van der Waals surface area contributed by atoms with E-state index in [0.717, 1.165) is 11.8 Å². The normalized spacial score (nSPS) is 28.5. The summed E-state index contributed by atoms with van der Waals surface area (Å²) in [4.78, 5) is 11.2. The predicted molar refractivity (Wildman–Crippen MR) is 61.6 cm³/mol. The third-order valence-corrected chi connectivity index (χ3v) is 3.92. The van der Waals surface area contributed by atoms with Gasteiger partial charge in [-0.1, -0.05) is 40.5 Å². The maximum atomic E-state index is 11.2. The van der Waals surface area contributed by atoms with Crippen LogP contribution in [0.1, 0.15) is 25.7 Å². The van der Waals surface area contributed by atoms with Gasteiger partial charge in [-0.25, -0.2) is 0 Å². The summed E-state index contributed by atoms with van der Waals surface area (Å²) in [6, 6.07) is 0.396. The average molecular weight is 266 g/mol. The van der Waals surface area contributed by atoms with Gasteiger partial charge in [-0.2, -0.15) is 0 Å². The number of alkyl halides is 1. The summed E-state index contributed by atoms with van der Waals surface area (Å²) in [5.41, 5.74) is 0. The summed E-state index contributed by atoms with van der Waals surface area (Å²) in [7, 11) is 0. The fourth-order valence-corrected chi connectivity index (χ4v) is 2.84. The van der Waals surface area contributed by atoms with E-state index in [2.05, 4.69) is 21.2 Å². The van der Waals surface area contributed by atoms with Gasteiger partial charge in [0.05, 0.1) is 0 Å². The van der Waals surface area contributed by atoms with Crippen LogP contribution in [-0.2, 0) is 0 Å². The summed E-state index contributed by atoms with van der Waals surface area (Å²) < 4.78 is 0. The molecule has 0 radical (unpaired) electrons. The number of halogens is 1. The highest BCUT2D eigenvalue weighted by molar-refractivity contribution is 9.09. The first-order chi connectivity index (χ1) is 6.27. The number of nitrogens with one attached hydrogen (secondary N) is 1. The van der Waals surface area contributed by atoms with Gasteiger partial charge in [0.15, 0.2) is 0 Å². The molecule has 1 rings (SSSR count). The first-order valence-corrected chi connectivity index (χ1v) is 7.03. The molecule has 0 saturated heterocycles. The first-order valence-electron chi connectivity index (χ1n) is 4.68. The van der Waals surface area contributed by atoms with Gasteiger partial charge in [-0.05, 0) is 25.0 Å². The van der Waals surface area contributed by atoms with Gasteiger partial charge >= 0.3 is 0 Å². The number of hydrogen-bond donors (Lipinski definition) is 1. The minimum atomic E-state index is 0.109. The lowest BCUT2D eigenvalue weighted by molar-refractivity contribution is 0.242. The fourth-order valence-electron chi connectivity index (χ4n) is 1.79. The molecule has 1 aliphatic rings. The van der Waals surface area contributed by atoms with E-state index < -0.39 is 0 Å². The van der Waals surface area contributed by atoms with E-state index >= 15 is 0 Å². The molecule has 1 N–H and O–H groups in total. The summed E-state index contributed by atoms with van der Waals surface area (Å²) in [6.45, 7) is 0. The Balaban J connectivity index is 2.40. The number of hydrogen-bond acceptors (Lipinski definition) is 2. The Labute approximate surface area is 92.4 Å².